The smallest absolute Gasteiger partial charge is 0.349 e. The maximum absolute atomic E-state index is 12.9. The fraction of sp³-hybridized carbons (Fsp3) is 0.438. The van der Waals surface area contributed by atoms with Gasteiger partial charge in [0.25, 0.3) is 0 Å². The highest BCUT2D eigenvalue weighted by Gasteiger charge is 2.31. The third kappa shape index (κ3) is 8.31. The van der Waals surface area contributed by atoms with Gasteiger partial charge in [0.15, 0.2) is 11.4 Å². The molecule has 238 valence electrons. The molecular weight excluding hydrogens is 605 g/mol. The van der Waals surface area contributed by atoms with Crippen LogP contribution in [0.15, 0.2) is 48.5 Å². The Labute approximate surface area is 269 Å². The van der Waals surface area contributed by atoms with E-state index in [1.54, 1.807) is 31.7 Å². The zero-order valence-corrected chi connectivity index (χ0v) is 27.2. The van der Waals surface area contributed by atoms with Gasteiger partial charge in [0.1, 0.15) is 29.6 Å². The van der Waals surface area contributed by atoms with Crippen LogP contribution in [0.5, 0.6) is 5.75 Å². The lowest BCUT2D eigenvalue weighted by Gasteiger charge is -2.25. The molecule has 0 atom stereocenters. The normalized spacial score (nSPS) is 11.4. The Bertz CT molecular complexity index is 1580. The van der Waals surface area contributed by atoms with Gasteiger partial charge < -0.3 is 29.4 Å². The Morgan fingerprint density at radius 1 is 1.09 bits per heavy atom. The predicted octanol–water partition coefficient (Wildman–Crippen LogP) is 5.89. The van der Waals surface area contributed by atoms with Crippen LogP contribution in [0.1, 0.15) is 51.9 Å². The van der Waals surface area contributed by atoms with Crippen LogP contribution in [0, 0.1) is 0 Å². The number of esters is 1. The summed E-state index contributed by atoms with van der Waals surface area (Å²) in [6, 6.07) is 15.2. The van der Waals surface area contributed by atoms with Crippen molar-refractivity contribution < 1.29 is 23.8 Å². The monoisotopic (exact) mass is 645 g/mol. The second-order valence-corrected chi connectivity index (χ2v) is 11.0. The van der Waals surface area contributed by atoms with E-state index in [0.29, 0.717) is 56.4 Å². The average Bonchev–Trinajstić information content (AvgIpc) is 3.35. The predicted molar refractivity (Wildman–Crippen MR) is 175 cm³/mol. The highest BCUT2D eigenvalue weighted by Crippen LogP contribution is 2.29. The van der Waals surface area contributed by atoms with Crippen LogP contribution in [0.25, 0.3) is 21.9 Å². The molecule has 4 rings (SSSR count). The van der Waals surface area contributed by atoms with E-state index in [-0.39, 0.29) is 30.8 Å². The van der Waals surface area contributed by atoms with Gasteiger partial charge in [-0.1, -0.05) is 37.3 Å². The van der Waals surface area contributed by atoms with Crippen molar-refractivity contribution in [3.05, 3.63) is 59.9 Å². The number of hydrogen-bond acceptors (Lipinski definition) is 8. The van der Waals surface area contributed by atoms with Gasteiger partial charge in [-0.15, -0.1) is 24.0 Å². The van der Waals surface area contributed by atoms with Gasteiger partial charge >= 0.3 is 5.97 Å². The number of nitrogens with zero attached hydrogens (tertiary/aromatic N) is 4. The number of nitrogens with two attached hydrogens (primary N) is 1. The summed E-state index contributed by atoms with van der Waals surface area (Å²) in [7, 11) is 0. The molecule has 2 aromatic heterocycles. The molecule has 0 radical (unpaired) electrons. The minimum Gasteiger partial charge on any atom is -0.476 e. The van der Waals surface area contributed by atoms with Crippen molar-refractivity contribution in [3.63, 3.8) is 0 Å². The van der Waals surface area contributed by atoms with Gasteiger partial charge in [-0.05, 0) is 57.4 Å². The number of ether oxygens (including phenoxy) is 3. The number of nitrogen functional groups attached to an aromatic ring is 1. The van der Waals surface area contributed by atoms with E-state index in [1.807, 2.05) is 42.5 Å². The van der Waals surface area contributed by atoms with Gasteiger partial charge in [-0.25, -0.2) is 14.8 Å². The molecule has 0 unspecified atom stereocenters. The van der Waals surface area contributed by atoms with Crippen LogP contribution in [0.3, 0.4) is 0 Å². The van der Waals surface area contributed by atoms with E-state index < -0.39 is 11.6 Å². The molecular formula is C32H41Cl2N5O5. The molecule has 0 aliphatic carbocycles. The number of rotatable bonds is 15. The zero-order chi connectivity index (χ0) is 31.0. The molecule has 0 bridgehead atoms. The standard InChI is InChI=1S/C32H40ClN5O5.ClH/c1-5-17-41-21-26-36-28-29(24-13-7-8-14-25(24)35-30(28)34)38(26)16-10-15-37(27(39)19-33)20-22-11-9-12-23(18-22)43-32(3,4)31(40)42-6-2;/h7-9,11-14,18H,5-6,10,15-17,19-21H2,1-4H3,(H2,34,35);1H. The summed E-state index contributed by atoms with van der Waals surface area (Å²) in [6.45, 7) is 9.74. The summed E-state index contributed by atoms with van der Waals surface area (Å²) in [5.41, 5.74) is 8.36. The number of benzene rings is 2. The largest absolute Gasteiger partial charge is 0.476 e. The minimum atomic E-state index is -1.16. The molecule has 12 heteroatoms. The Morgan fingerprint density at radius 2 is 1.86 bits per heavy atom. The first-order valence-electron chi connectivity index (χ1n) is 14.6. The summed E-state index contributed by atoms with van der Waals surface area (Å²) >= 11 is 6.01. The highest BCUT2D eigenvalue weighted by atomic mass is 35.5. The molecule has 44 heavy (non-hydrogen) atoms. The summed E-state index contributed by atoms with van der Waals surface area (Å²) < 4.78 is 19.1. The van der Waals surface area contributed by atoms with E-state index in [1.165, 1.54) is 0 Å². The summed E-state index contributed by atoms with van der Waals surface area (Å²) in [4.78, 5) is 36.3. The number of carbonyl (C=O) groups is 2. The van der Waals surface area contributed by atoms with Gasteiger partial charge in [-0.2, -0.15) is 0 Å². The number of pyridine rings is 1. The topological polar surface area (TPSA) is 122 Å². The molecule has 10 nitrogen and oxygen atoms in total. The van der Waals surface area contributed by atoms with E-state index >= 15 is 0 Å². The number of imidazole rings is 1. The van der Waals surface area contributed by atoms with Gasteiger partial charge in [0, 0.05) is 31.6 Å². The lowest BCUT2D eigenvalue weighted by atomic mass is 10.1. The molecule has 2 aromatic carbocycles. The molecule has 1 amide bonds. The number of halogens is 2. The molecule has 2 N–H and O–H groups in total. The second-order valence-electron chi connectivity index (χ2n) is 10.7. The molecule has 0 saturated carbocycles. The number of aromatic nitrogens is 3. The number of carbonyl (C=O) groups excluding carboxylic acids is 2. The van der Waals surface area contributed by atoms with E-state index in [2.05, 4.69) is 16.5 Å². The fourth-order valence-electron chi connectivity index (χ4n) is 4.93. The molecule has 2 heterocycles. The maximum atomic E-state index is 12.9. The number of para-hydroxylation sites is 1. The summed E-state index contributed by atoms with van der Waals surface area (Å²) in [5.74, 6) is 0.877. The van der Waals surface area contributed by atoms with Crippen LogP contribution >= 0.6 is 24.0 Å². The van der Waals surface area contributed by atoms with Gasteiger partial charge in [-0.3, -0.25) is 4.79 Å². The third-order valence-electron chi connectivity index (χ3n) is 6.96. The van der Waals surface area contributed by atoms with Crippen molar-refractivity contribution in [1.29, 1.82) is 0 Å². The number of hydrogen-bond donors (Lipinski definition) is 1. The van der Waals surface area contributed by atoms with E-state index in [4.69, 9.17) is 36.5 Å². The fourth-order valence-corrected chi connectivity index (χ4v) is 5.10. The molecule has 4 aromatic rings. The highest BCUT2D eigenvalue weighted by molar-refractivity contribution is 6.27. The molecule has 0 saturated heterocycles. The van der Waals surface area contributed by atoms with Gasteiger partial charge in [0.2, 0.25) is 5.91 Å². The maximum Gasteiger partial charge on any atom is 0.349 e. The lowest BCUT2D eigenvalue weighted by molar-refractivity contribution is -0.158. The third-order valence-corrected chi connectivity index (χ3v) is 7.19. The van der Waals surface area contributed by atoms with E-state index in [0.717, 1.165) is 34.2 Å². The SMILES string of the molecule is CCCOCc1nc2c(N)nc3ccccc3c2n1CCCN(Cc1cccc(OC(C)(C)C(=O)OCC)c1)C(=O)CCl.Cl. The quantitative estimate of drug-likeness (QED) is 0.0964. The summed E-state index contributed by atoms with van der Waals surface area (Å²) in [6.07, 6.45) is 1.53. The van der Waals surface area contributed by atoms with Crippen LogP contribution in [-0.4, -0.2) is 62.6 Å². The molecule has 0 aliphatic rings. The lowest BCUT2D eigenvalue weighted by Crippen LogP contribution is -2.39. The van der Waals surface area contributed by atoms with Crippen LogP contribution in [0.4, 0.5) is 5.82 Å². The van der Waals surface area contributed by atoms with Crippen LogP contribution in [0.2, 0.25) is 0 Å². The Kier molecular flexibility index (Phi) is 12.6. The Hall–Kier alpha value is -3.60. The van der Waals surface area contributed by atoms with E-state index in [9.17, 15) is 9.59 Å². The number of anilines is 1. The Morgan fingerprint density at radius 3 is 2.59 bits per heavy atom. The first kappa shape index (κ1) is 34.9. The minimum absolute atomic E-state index is 0. The van der Waals surface area contributed by atoms with Crippen molar-refractivity contribution in [2.24, 2.45) is 0 Å². The van der Waals surface area contributed by atoms with Gasteiger partial charge in [0.05, 0.1) is 17.6 Å². The van der Waals surface area contributed by atoms with Crippen molar-refractivity contribution >= 4 is 63.6 Å². The van der Waals surface area contributed by atoms with Crippen molar-refractivity contribution in [3.8, 4) is 5.75 Å². The summed E-state index contributed by atoms with van der Waals surface area (Å²) in [5, 5.41) is 0.956. The number of fused-ring (bicyclic) bond motifs is 3. The zero-order valence-electron chi connectivity index (χ0n) is 25.7. The molecule has 0 aliphatic heterocycles. The van der Waals surface area contributed by atoms with Crippen molar-refractivity contribution in [2.75, 3.05) is 31.4 Å². The number of aryl methyl sites for hydroxylation is 1. The van der Waals surface area contributed by atoms with Crippen LogP contribution < -0.4 is 10.5 Å². The van der Waals surface area contributed by atoms with Crippen molar-refractivity contribution in [1.82, 2.24) is 19.4 Å². The molecule has 0 fully saturated rings. The first-order valence-corrected chi connectivity index (χ1v) is 15.1. The number of amides is 1. The Balaban J connectivity index is 0.00000529. The van der Waals surface area contributed by atoms with Crippen molar-refractivity contribution in [2.45, 2.75) is 65.8 Å². The van der Waals surface area contributed by atoms with Crippen LogP contribution in [-0.2, 0) is 38.8 Å². The average molecular weight is 647 g/mol. The number of alkyl halides is 1. The first-order chi connectivity index (χ1) is 20.7. The molecule has 0 spiro atoms. The second kappa shape index (κ2) is 15.9.